The van der Waals surface area contributed by atoms with Gasteiger partial charge in [-0.15, -0.1) is 0 Å². The number of amides is 1. The van der Waals surface area contributed by atoms with Crippen LogP contribution in [0.5, 0.6) is 0 Å². The lowest BCUT2D eigenvalue weighted by atomic mass is 9.92. The van der Waals surface area contributed by atoms with Gasteiger partial charge < -0.3 is 14.7 Å². The predicted octanol–water partition coefficient (Wildman–Crippen LogP) is 2.56. The first-order chi connectivity index (χ1) is 9.18. The topological polar surface area (TPSA) is 49.8 Å². The summed E-state index contributed by atoms with van der Waals surface area (Å²) in [5, 5.41) is 9.92. The van der Waals surface area contributed by atoms with Crippen molar-refractivity contribution >= 4 is 6.09 Å². The highest BCUT2D eigenvalue weighted by Crippen LogP contribution is 2.22. The van der Waals surface area contributed by atoms with Crippen molar-refractivity contribution in [3.63, 3.8) is 0 Å². The van der Waals surface area contributed by atoms with Gasteiger partial charge in [-0.2, -0.15) is 0 Å². The Hall–Kier alpha value is -1.55. The first-order valence-electron chi connectivity index (χ1n) is 6.80. The molecule has 2 atom stereocenters. The van der Waals surface area contributed by atoms with E-state index in [1.54, 1.807) is 7.05 Å². The normalized spacial score (nSPS) is 22.8. The van der Waals surface area contributed by atoms with Crippen LogP contribution in [0.15, 0.2) is 30.3 Å². The molecule has 0 aromatic heterocycles. The van der Waals surface area contributed by atoms with Gasteiger partial charge in [-0.05, 0) is 18.4 Å². The van der Waals surface area contributed by atoms with Gasteiger partial charge in [0.15, 0.2) is 0 Å². The number of aliphatic hydroxyl groups excluding tert-OH is 1. The number of hydrogen-bond donors (Lipinski definition) is 1. The van der Waals surface area contributed by atoms with E-state index in [0.29, 0.717) is 0 Å². The van der Waals surface area contributed by atoms with Gasteiger partial charge in [-0.25, -0.2) is 4.79 Å². The average molecular weight is 263 g/mol. The van der Waals surface area contributed by atoms with Gasteiger partial charge in [0.05, 0.1) is 12.1 Å². The standard InChI is InChI=1S/C15H21NO3/c1-16(13-9-5-6-10-14(13)17)15(18)19-11-12-7-3-2-4-8-12/h2-4,7-8,13-14,17H,5-6,9-11H2,1H3. The number of likely N-dealkylation sites (N-methyl/N-ethyl adjacent to an activating group) is 1. The van der Waals surface area contributed by atoms with Gasteiger partial charge in [0.1, 0.15) is 6.61 Å². The Balaban J connectivity index is 1.85. The highest BCUT2D eigenvalue weighted by molar-refractivity contribution is 5.67. The Labute approximate surface area is 114 Å². The monoisotopic (exact) mass is 263 g/mol. The van der Waals surface area contributed by atoms with Crippen LogP contribution in [0.1, 0.15) is 31.2 Å². The molecule has 0 saturated heterocycles. The Morgan fingerprint density at radius 2 is 2.00 bits per heavy atom. The van der Waals surface area contributed by atoms with E-state index in [1.807, 2.05) is 30.3 Å². The van der Waals surface area contributed by atoms with Crippen molar-refractivity contribution in [1.29, 1.82) is 0 Å². The maximum absolute atomic E-state index is 12.0. The van der Waals surface area contributed by atoms with Crippen molar-refractivity contribution in [2.75, 3.05) is 7.05 Å². The van der Waals surface area contributed by atoms with Crippen LogP contribution in [0.25, 0.3) is 0 Å². The summed E-state index contributed by atoms with van der Waals surface area (Å²) in [6, 6.07) is 9.48. The van der Waals surface area contributed by atoms with Crippen molar-refractivity contribution in [1.82, 2.24) is 4.90 Å². The van der Waals surface area contributed by atoms with Crippen molar-refractivity contribution in [2.24, 2.45) is 0 Å². The van der Waals surface area contributed by atoms with E-state index in [2.05, 4.69) is 0 Å². The molecule has 1 aromatic carbocycles. The molecule has 1 N–H and O–H groups in total. The number of carbonyl (C=O) groups excluding carboxylic acids is 1. The third kappa shape index (κ3) is 3.70. The third-order valence-corrected chi connectivity index (χ3v) is 3.68. The van der Waals surface area contributed by atoms with E-state index >= 15 is 0 Å². The minimum Gasteiger partial charge on any atom is -0.445 e. The maximum Gasteiger partial charge on any atom is 0.410 e. The lowest BCUT2D eigenvalue weighted by molar-refractivity contribution is 0.0213. The number of carbonyl (C=O) groups is 1. The molecule has 0 aliphatic heterocycles. The first-order valence-corrected chi connectivity index (χ1v) is 6.80. The summed E-state index contributed by atoms with van der Waals surface area (Å²) in [6.45, 7) is 0.271. The van der Waals surface area contributed by atoms with Crippen LogP contribution in [0.4, 0.5) is 4.79 Å². The lowest BCUT2D eigenvalue weighted by Crippen LogP contribution is -2.46. The zero-order valence-electron chi connectivity index (χ0n) is 11.3. The van der Waals surface area contributed by atoms with E-state index in [1.165, 1.54) is 4.90 Å². The minimum atomic E-state index is -0.428. The Bertz CT molecular complexity index is 407. The highest BCUT2D eigenvalue weighted by Gasteiger charge is 2.30. The number of nitrogens with zero attached hydrogens (tertiary/aromatic N) is 1. The minimum absolute atomic E-state index is 0.114. The molecule has 0 spiro atoms. The van der Waals surface area contributed by atoms with Gasteiger partial charge in [0, 0.05) is 7.05 Å². The van der Waals surface area contributed by atoms with Gasteiger partial charge in [0.25, 0.3) is 0 Å². The molecule has 1 aliphatic rings. The lowest BCUT2D eigenvalue weighted by Gasteiger charge is -2.34. The molecule has 4 heteroatoms. The van der Waals surface area contributed by atoms with E-state index in [-0.39, 0.29) is 18.7 Å². The Kier molecular flexibility index (Phi) is 4.80. The number of ether oxygens (including phenoxy) is 1. The summed E-state index contributed by atoms with van der Waals surface area (Å²) in [6.07, 6.45) is 2.90. The van der Waals surface area contributed by atoms with Gasteiger partial charge in [-0.3, -0.25) is 0 Å². The molecule has 1 amide bonds. The molecule has 2 unspecified atom stereocenters. The van der Waals surface area contributed by atoms with Crippen molar-refractivity contribution in [3.05, 3.63) is 35.9 Å². The Morgan fingerprint density at radius 3 is 2.68 bits per heavy atom. The molecule has 1 fully saturated rings. The summed E-state index contributed by atoms with van der Waals surface area (Å²) in [5.74, 6) is 0. The molecule has 19 heavy (non-hydrogen) atoms. The summed E-state index contributed by atoms with van der Waals surface area (Å²) in [7, 11) is 1.70. The van der Waals surface area contributed by atoms with Crippen LogP contribution < -0.4 is 0 Å². The second-order valence-corrected chi connectivity index (χ2v) is 5.07. The molecular formula is C15H21NO3. The van der Waals surface area contributed by atoms with E-state index < -0.39 is 6.10 Å². The molecule has 2 rings (SSSR count). The van der Waals surface area contributed by atoms with E-state index in [0.717, 1.165) is 31.2 Å². The maximum atomic E-state index is 12.0. The van der Waals surface area contributed by atoms with Crippen molar-refractivity contribution < 1.29 is 14.6 Å². The number of benzene rings is 1. The number of rotatable bonds is 3. The summed E-state index contributed by atoms with van der Waals surface area (Å²) in [4.78, 5) is 13.5. The molecule has 0 radical (unpaired) electrons. The molecule has 0 bridgehead atoms. The molecule has 104 valence electrons. The third-order valence-electron chi connectivity index (χ3n) is 3.68. The fourth-order valence-electron chi connectivity index (χ4n) is 2.50. The summed E-state index contributed by atoms with van der Waals surface area (Å²) in [5.41, 5.74) is 0.966. The van der Waals surface area contributed by atoms with Gasteiger partial charge >= 0.3 is 6.09 Å². The predicted molar refractivity (Wildman–Crippen MR) is 72.7 cm³/mol. The van der Waals surface area contributed by atoms with E-state index in [9.17, 15) is 9.90 Å². The van der Waals surface area contributed by atoms with Crippen LogP contribution in [0.3, 0.4) is 0 Å². The second kappa shape index (κ2) is 6.57. The van der Waals surface area contributed by atoms with Crippen LogP contribution in [-0.4, -0.2) is 35.3 Å². The molecule has 1 aliphatic carbocycles. The number of hydrogen-bond acceptors (Lipinski definition) is 3. The highest BCUT2D eigenvalue weighted by atomic mass is 16.6. The molecule has 1 saturated carbocycles. The first kappa shape index (κ1) is 13.9. The summed E-state index contributed by atoms with van der Waals surface area (Å²) < 4.78 is 5.27. The molecule has 1 aromatic rings. The van der Waals surface area contributed by atoms with Crippen LogP contribution in [-0.2, 0) is 11.3 Å². The van der Waals surface area contributed by atoms with Crippen molar-refractivity contribution in [3.8, 4) is 0 Å². The van der Waals surface area contributed by atoms with Crippen molar-refractivity contribution in [2.45, 2.75) is 44.4 Å². The zero-order valence-corrected chi connectivity index (χ0v) is 11.3. The second-order valence-electron chi connectivity index (χ2n) is 5.07. The van der Waals surface area contributed by atoms with Gasteiger partial charge in [-0.1, -0.05) is 43.2 Å². The fraction of sp³-hybridized carbons (Fsp3) is 0.533. The smallest absolute Gasteiger partial charge is 0.410 e. The van der Waals surface area contributed by atoms with Gasteiger partial charge in [0.2, 0.25) is 0 Å². The number of aliphatic hydroxyl groups is 1. The summed E-state index contributed by atoms with van der Waals surface area (Å²) >= 11 is 0. The van der Waals surface area contributed by atoms with Crippen LogP contribution in [0.2, 0.25) is 0 Å². The molecule has 4 nitrogen and oxygen atoms in total. The van der Waals surface area contributed by atoms with E-state index in [4.69, 9.17) is 4.74 Å². The average Bonchev–Trinajstić information content (AvgIpc) is 2.45. The quantitative estimate of drug-likeness (QED) is 0.911. The SMILES string of the molecule is CN(C(=O)OCc1ccccc1)C1CCCCC1O. The fourth-order valence-corrected chi connectivity index (χ4v) is 2.50. The van der Waals surface area contributed by atoms with Crippen LogP contribution >= 0.6 is 0 Å². The largest absolute Gasteiger partial charge is 0.445 e. The molecule has 0 heterocycles. The molecular weight excluding hydrogens is 242 g/mol. The van der Waals surface area contributed by atoms with Crippen LogP contribution in [0, 0.1) is 0 Å². The zero-order chi connectivity index (χ0) is 13.7. The Morgan fingerprint density at radius 1 is 1.32 bits per heavy atom.